The van der Waals surface area contributed by atoms with Crippen molar-refractivity contribution < 1.29 is 17.6 Å². The number of nitrogens with zero attached hydrogens (tertiary/aromatic N) is 1. The number of halogens is 4. The summed E-state index contributed by atoms with van der Waals surface area (Å²) in [5.74, 6) is 0.0917. The van der Waals surface area contributed by atoms with Crippen molar-refractivity contribution in [3.05, 3.63) is 58.5 Å². The number of hydrogen-bond donors (Lipinski definition) is 1. The predicted molar refractivity (Wildman–Crippen MR) is 72.4 cm³/mol. The number of hydrogen-bond acceptors (Lipinski definition) is 2. The number of alkyl halides is 3. The monoisotopic (exact) mass is 298 g/mol. The van der Waals surface area contributed by atoms with E-state index in [1.54, 1.807) is 26.0 Å². The lowest BCUT2D eigenvalue weighted by Crippen LogP contribution is -2.07. The molecule has 0 aliphatic carbocycles. The van der Waals surface area contributed by atoms with Crippen molar-refractivity contribution >= 4 is 5.82 Å². The molecule has 112 valence electrons. The summed E-state index contributed by atoms with van der Waals surface area (Å²) in [6.07, 6.45) is -3.61. The van der Waals surface area contributed by atoms with Gasteiger partial charge in [0.25, 0.3) is 0 Å². The van der Waals surface area contributed by atoms with Gasteiger partial charge in [-0.25, -0.2) is 9.37 Å². The van der Waals surface area contributed by atoms with Gasteiger partial charge in [-0.15, -0.1) is 0 Å². The Morgan fingerprint density at radius 3 is 2.19 bits per heavy atom. The maximum Gasteiger partial charge on any atom is 0.417 e. The molecule has 0 unspecified atom stereocenters. The third-order valence-electron chi connectivity index (χ3n) is 3.06. The van der Waals surface area contributed by atoms with Crippen molar-refractivity contribution in [2.24, 2.45) is 0 Å². The molecule has 2 rings (SSSR count). The lowest BCUT2D eigenvalue weighted by Gasteiger charge is -2.10. The molecule has 0 saturated heterocycles. The van der Waals surface area contributed by atoms with E-state index >= 15 is 0 Å². The van der Waals surface area contributed by atoms with Crippen LogP contribution in [0.3, 0.4) is 0 Å². The van der Waals surface area contributed by atoms with Gasteiger partial charge < -0.3 is 5.32 Å². The van der Waals surface area contributed by atoms with E-state index in [1.165, 1.54) is 6.07 Å². The van der Waals surface area contributed by atoms with E-state index in [2.05, 4.69) is 10.3 Å². The third-order valence-corrected chi connectivity index (χ3v) is 3.06. The van der Waals surface area contributed by atoms with Gasteiger partial charge in [0.15, 0.2) is 0 Å². The van der Waals surface area contributed by atoms with Crippen molar-refractivity contribution in [3.63, 3.8) is 0 Å². The molecule has 0 atom stereocenters. The Morgan fingerprint density at radius 2 is 1.71 bits per heavy atom. The Morgan fingerprint density at radius 1 is 1.10 bits per heavy atom. The first-order valence-corrected chi connectivity index (χ1v) is 6.30. The highest BCUT2D eigenvalue weighted by molar-refractivity contribution is 5.38. The molecule has 0 saturated carbocycles. The second-order valence-electron chi connectivity index (χ2n) is 4.83. The van der Waals surface area contributed by atoms with Crippen LogP contribution in [-0.2, 0) is 12.7 Å². The van der Waals surface area contributed by atoms with Crippen LogP contribution in [0.5, 0.6) is 0 Å². The van der Waals surface area contributed by atoms with Crippen LogP contribution in [0.2, 0.25) is 0 Å². The van der Waals surface area contributed by atoms with E-state index in [-0.39, 0.29) is 5.82 Å². The quantitative estimate of drug-likeness (QED) is 0.846. The molecular weight excluding hydrogens is 284 g/mol. The molecule has 2 nitrogen and oxygen atoms in total. The molecule has 0 bridgehead atoms. The van der Waals surface area contributed by atoms with Crippen LogP contribution in [0.1, 0.15) is 22.3 Å². The van der Waals surface area contributed by atoms with Gasteiger partial charge in [-0.2, -0.15) is 13.2 Å². The Hall–Kier alpha value is -2.11. The Bertz CT molecular complexity index is 610. The average Bonchev–Trinajstić information content (AvgIpc) is 2.42. The first kappa shape index (κ1) is 15.3. The van der Waals surface area contributed by atoms with E-state index in [0.29, 0.717) is 23.5 Å². The van der Waals surface area contributed by atoms with E-state index in [9.17, 15) is 17.6 Å². The zero-order chi connectivity index (χ0) is 15.6. The van der Waals surface area contributed by atoms with Gasteiger partial charge in [0, 0.05) is 12.7 Å². The molecule has 0 radical (unpaired) electrons. The Kier molecular flexibility index (Phi) is 4.16. The van der Waals surface area contributed by atoms with Crippen molar-refractivity contribution in [1.82, 2.24) is 4.98 Å². The van der Waals surface area contributed by atoms with Crippen LogP contribution in [0.25, 0.3) is 0 Å². The summed E-state index contributed by atoms with van der Waals surface area (Å²) >= 11 is 0. The molecule has 1 aromatic heterocycles. The normalized spacial score (nSPS) is 11.5. The van der Waals surface area contributed by atoms with Crippen molar-refractivity contribution in [2.75, 3.05) is 5.32 Å². The molecule has 0 aliphatic rings. The van der Waals surface area contributed by atoms with Gasteiger partial charge in [-0.1, -0.05) is 12.1 Å². The standard InChI is InChI=1S/C15H14F4N2/c1-9-5-11(6-10(2)14(9)16)7-20-13-4-3-12(8-21-13)15(17,18)19/h3-6,8H,7H2,1-2H3,(H,20,21). The van der Waals surface area contributed by atoms with E-state index in [4.69, 9.17) is 0 Å². The van der Waals surface area contributed by atoms with Gasteiger partial charge >= 0.3 is 6.18 Å². The number of aromatic nitrogens is 1. The zero-order valence-electron chi connectivity index (χ0n) is 11.6. The topological polar surface area (TPSA) is 24.9 Å². The molecular formula is C15H14F4N2. The maximum atomic E-state index is 13.5. The summed E-state index contributed by atoms with van der Waals surface area (Å²) in [6.45, 7) is 3.70. The van der Waals surface area contributed by atoms with Crippen molar-refractivity contribution in [3.8, 4) is 0 Å². The fraction of sp³-hybridized carbons (Fsp3) is 0.267. The minimum atomic E-state index is -4.39. The molecule has 0 spiro atoms. The number of rotatable bonds is 3. The average molecular weight is 298 g/mol. The van der Waals surface area contributed by atoms with E-state index in [0.717, 1.165) is 17.8 Å². The molecule has 2 aromatic rings. The minimum absolute atomic E-state index is 0.244. The van der Waals surface area contributed by atoms with E-state index in [1.807, 2.05) is 0 Å². The molecule has 6 heteroatoms. The number of pyridine rings is 1. The van der Waals surface area contributed by atoms with Crippen LogP contribution in [0, 0.1) is 19.7 Å². The smallest absolute Gasteiger partial charge is 0.366 e. The largest absolute Gasteiger partial charge is 0.417 e. The van der Waals surface area contributed by atoms with Crippen LogP contribution < -0.4 is 5.32 Å². The lowest BCUT2D eigenvalue weighted by atomic mass is 10.1. The van der Waals surface area contributed by atoms with Gasteiger partial charge in [0.2, 0.25) is 0 Å². The molecule has 0 aliphatic heterocycles. The summed E-state index contributed by atoms with van der Waals surface area (Å²) in [7, 11) is 0. The fourth-order valence-electron chi connectivity index (χ4n) is 2.00. The van der Waals surface area contributed by atoms with Gasteiger partial charge in [0.1, 0.15) is 11.6 Å². The second kappa shape index (κ2) is 5.71. The Balaban J connectivity index is 2.07. The predicted octanol–water partition coefficient (Wildman–Crippen LogP) is 4.47. The fourth-order valence-corrected chi connectivity index (χ4v) is 2.00. The van der Waals surface area contributed by atoms with Gasteiger partial charge in [0.05, 0.1) is 5.56 Å². The van der Waals surface area contributed by atoms with Gasteiger partial charge in [-0.3, -0.25) is 0 Å². The second-order valence-corrected chi connectivity index (χ2v) is 4.83. The van der Waals surface area contributed by atoms with Crippen LogP contribution in [-0.4, -0.2) is 4.98 Å². The van der Waals surface area contributed by atoms with Crippen LogP contribution in [0.4, 0.5) is 23.4 Å². The van der Waals surface area contributed by atoms with E-state index < -0.39 is 11.7 Å². The maximum absolute atomic E-state index is 13.5. The highest BCUT2D eigenvalue weighted by Gasteiger charge is 2.30. The van der Waals surface area contributed by atoms with Gasteiger partial charge in [-0.05, 0) is 42.7 Å². The molecule has 21 heavy (non-hydrogen) atoms. The molecule has 0 fully saturated rings. The highest BCUT2D eigenvalue weighted by atomic mass is 19.4. The summed E-state index contributed by atoms with van der Waals surface area (Å²) in [5.41, 5.74) is 1.12. The van der Waals surface area contributed by atoms with Crippen molar-refractivity contribution in [2.45, 2.75) is 26.6 Å². The minimum Gasteiger partial charge on any atom is -0.366 e. The zero-order valence-corrected chi connectivity index (χ0v) is 11.6. The Labute approximate surface area is 119 Å². The highest BCUT2D eigenvalue weighted by Crippen LogP contribution is 2.28. The first-order valence-electron chi connectivity index (χ1n) is 6.30. The van der Waals surface area contributed by atoms with Crippen LogP contribution >= 0.6 is 0 Å². The number of benzene rings is 1. The molecule has 1 N–H and O–H groups in total. The van der Waals surface area contributed by atoms with Crippen LogP contribution in [0.15, 0.2) is 30.5 Å². The number of nitrogens with one attached hydrogen (secondary N) is 1. The SMILES string of the molecule is Cc1cc(CNc2ccc(C(F)(F)F)cn2)cc(C)c1F. The number of anilines is 1. The summed E-state index contributed by atoms with van der Waals surface area (Å²) in [4.78, 5) is 3.72. The third kappa shape index (κ3) is 3.71. The summed E-state index contributed by atoms with van der Waals surface area (Å²) in [6, 6.07) is 5.63. The molecule has 0 amide bonds. The summed E-state index contributed by atoms with van der Waals surface area (Å²) in [5, 5.41) is 2.91. The lowest BCUT2D eigenvalue weighted by molar-refractivity contribution is -0.137. The first-order chi connectivity index (χ1) is 9.77. The molecule has 1 aromatic carbocycles. The van der Waals surface area contributed by atoms with Crippen molar-refractivity contribution in [1.29, 1.82) is 0 Å². The summed E-state index contributed by atoms with van der Waals surface area (Å²) < 4.78 is 50.7. The molecule has 1 heterocycles. The number of aryl methyl sites for hydroxylation is 2.